The maximum Gasteiger partial charge on any atom is 0.329 e. The Hall–Kier alpha value is -2.12. The van der Waals surface area contributed by atoms with Crippen LogP contribution in [0.2, 0.25) is 0 Å². The molecule has 1 fully saturated rings. The number of carbonyl (C=O) groups excluding carboxylic acids is 3. The van der Waals surface area contributed by atoms with Gasteiger partial charge in [-0.2, -0.15) is 0 Å². The van der Waals surface area contributed by atoms with Gasteiger partial charge in [-0.3, -0.25) is 14.4 Å². The zero-order valence-corrected chi connectivity index (χ0v) is 12.7. The van der Waals surface area contributed by atoms with Gasteiger partial charge < -0.3 is 21.1 Å². The average Bonchev–Trinajstić information content (AvgIpc) is 2.91. The van der Waals surface area contributed by atoms with Crippen LogP contribution in [0.15, 0.2) is 0 Å². The summed E-state index contributed by atoms with van der Waals surface area (Å²) in [7, 11) is 0. The van der Waals surface area contributed by atoms with E-state index in [0.29, 0.717) is 25.9 Å². The van der Waals surface area contributed by atoms with Crippen molar-refractivity contribution in [2.45, 2.75) is 51.0 Å². The third-order valence-electron chi connectivity index (χ3n) is 3.65. The van der Waals surface area contributed by atoms with Crippen molar-refractivity contribution in [2.75, 3.05) is 13.1 Å². The molecule has 1 rings (SSSR count). The molecule has 8 heteroatoms. The summed E-state index contributed by atoms with van der Waals surface area (Å²) >= 11 is 0. The Morgan fingerprint density at radius 3 is 2.05 bits per heavy atom. The van der Waals surface area contributed by atoms with Gasteiger partial charge in [0.05, 0.1) is 0 Å². The second kappa shape index (κ2) is 8.35. The number of carboxylic acid groups (broad SMARTS) is 1. The van der Waals surface area contributed by atoms with Gasteiger partial charge in [-0.15, -0.1) is 0 Å². The smallest absolute Gasteiger partial charge is 0.329 e. The van der Waals surface area contributed by atoms with E-state index in [1.54, 1.807) is 0 Å². The summed E-state index contributed by atoms with van der Waals surface area (Å²) in [5.41, 5.74) is -1.17. The van der Waals surface area contributed by atoms with Crippen LogP contribution in [0.25, 0.3) is 0 Å². The summed E-state index contributed by atoms with van der Waals surface area (Å²) < 4.78 is 0. The Labute approximate surface area is 129 Å². The lowest BCUT2D eigenvalue weighted by molar-refractivity contribution is -0.147. The number of hydrogen-bond donors (Lipinski definition) is 4. The number of amides is 3. The van der Waals surface area contributed by atoms with Gasteiger partial charge in [0.15, 0.2) is 0 Å². The van der Waals surface area contributed by atoms with E-state index in [1.807, 2.05) is 0 Å². The van der Waals surface area contributed by atoms with E-state index in [4.69, 9.17) is 0 Å². The molecule has 0 unspecified atom stereocenters. The Morgan fingerprint density at radius 1 is 0.955 bits per heavy atom. The van der Waals surface area contributed by atoms with Gasteiger partial charge in [0.25, 0.3) is 0 Å². The van der Waals surface area contributed by atoms with Crippen LogP contribution in [0.1, 0.15) is 45.4 Å². The van der Waals surface area contributed by atoms with Gasteiger partial charge in [0, 0.05) is 32.9 Å². The summed E-state index contributed by atoms with van der Waals surface area (Å²) in [6.45, 7) is 2.00. The molecule has 0 aromatic carbocycles. The summed E-state index contributed by atoms with van der Waals surface area (Å²) in [5.74, 6) is -1.93. The standard InChI is InChI=1S/C14H23N3O5/c1-10(18)15-8-9-16-11(19)4-5-12(20)17-14(13(21)22)6-2-3-7-14/h2-9H2,1H3,(H,15,18)(H,16,19)(H,17,20)(H,21,22). The van der Waals surface area contributed by atoms with Gasteiger partial charge in [-0.25, -0.2) is 4.79 Å². The number of carbonyl (C=O) groups is 4. The summed E-state index contributed by atoms with van der Waals surface area (Å²) in [4.78, 5) is 45.3. The zero-order chi connectivity index (χ0) is 16.6. The number of aliphatic carboxylic acids is 1. The molecule has 0 aromatic rings. The van der Waals surface area contributed by atoms with E-state index in [1.165, 1.54) is 6.92 Å². The fraction of sp³-hybridized carbons (Fsp3) is 0.714. The zero-order valence-electron chi connectivity index (χ0n) is 12.7. The van der Waals surface area contributed by atoms with Gasteiger partial charge in [0.2, 0.25) is 17.7 Å². The first-order valence-corrected chi connectivity index (χ1v) is 7.41. The van der Waals surface area contributed by atoms with E-state index in [-0.39, 0.29) is 24.7 Å². The monoisotopic (exact) mass is 313 g/mol. The molecular formula is C14H23N3O5. The van der Waals surface area contributed by atoms with Crippen LogP contribution >= 0.6 is 0 Å². The van der Waals surface area contributed by atoms with Crippen molar-refractivity contribution in [1.29, 1.82) is 0 Å². The lowest BCUT2D eigenvalue weighted by atomic mass is 9.97. The van der Waals surface area contributed by atoms with Crippen LogP contribution < -0.4 is 16.0 Å². The molecule has 0 saturated heterocycles. The highest BCUT2D eigenvalue weighted by molar-refractivity contribution is 5.89. The van der Waals surface area contributed by atoms with Crippen molar-refractivity contribution in [3.05, 3.63) is 0 Å². The third kappa shape index (κ3) is 5.71. The molecular weight excluding hydrogens is 290 g/mol. The Balaban J connectivity index is 2.26. The molecule has 4 N–H and O–H groups in total. The topological polar surface area (TPSA) is 125 Å². The number of rotatable bonds is 8. The molecule has 1 saturated carbocycles. The Bertz CT molecular complexity index is 444. The van der Waals surface area contributed by atoms with E-state index in [0.717, 1.165) is 12.8 Å². The molecule has 0 aromatic heterocycles. The van der Waals surface area contributed by atoms with E-state index in [2.05, 4.69) is 16.0 Å². The highest BCUT2D eigenvalue weighted by atomic mass is 16.4. The van der Waals surface area contributed by atoms with Crippen LogP contribution in [0.4, 0.5) is 0 Å². The molecule has 0 atom stereocenters. The van der Waals surface area contributed by atoms with Crippen molar-refractivity contribution in [2.24, 2.45) is 0 Å². The number of hydrogen-bond acceptors (Lipinski definition) is 4. The average molecular weight is 313 g/mol. The molecule has 22 heavy (non-hydrogen) atoms. The molecule has 1 aliphatic carbocycles. The second-order valence-corrected chi connectivity index (χ2v) is 5.48. The number of carboxylic acids is 1. The summed E-state index contributed by atoms with van der Waals surface area (Å²) in [6.07, 6.45) is 2.34. The molecule has 0 bridgehead atoms. The van der Waals surface area contributed by atoms with Crippen LogP contribution in [0.3, 0.4) is 0 Å². The Kier molecular flexibility index (Phi) is 6.81. The molecule has 0 spiro atoms. The van der Waals surface area contributed by atoms with Crippen molar-refractivity contribution in [1.82, 2.24) is 16.0 Å². The van der Waals surface area contributed by atoms with Crippen molar-refractivity contribution in [3.8, 4) is 0 Å². The third-order valence-corrected chi connectivity index (χ3v) is 3.65. The van der Waals surface area contributed by atoms with Gasteiger partial charge in [-0.1, -0.05) is 12.8 Å². The fourth-order valence-corrected chi connectivity index (χ4v) is 2.46. The predicted molar refractivity (Wildman–Crippen MR) is 77.9 cm³/mol. The lowest BCUT2D eigenvalue weighted by Crippen LogP contribution is -2.52. The maximum atomic E-state index is 11.8. The first kappa shape index (κ1) is 17.9. The van der Waals surface area contributed by atoms with Crippen molar-refractivity contribution in [3.63, 3.8) is 0 Å². The second-order valence-electron chi connectivity index (χ2n) is 5.48. The minimum atomic E-state index is -1.17. The van der Waals surface area contributed by atoms with Crippen LogP contribution in [-0.4, -0.2) is 47.4 Å². The van der Waals surface area contributed by atoms with Gasteiger partial charge in [0.1, 0.15) is 5.54 Å². The quantitative estimate of drug-likeness (QED) is 0.451. The van der Waals surface area contributed by atoms with Crippen LogP contribution in [0, 0.1) is 0 Å². The predicted octanol–water partition coefficient (Wildman–Crippen LogP) is -0.467. The molecule has 8 nitrogen and oxygen atoms in total. The SMILES string of the molecule is CC(=O)NCCNC(=O)CCC(=O)NC1(C(=O)O)CCCC1. The van der Waals surface area contributed by atoms with E-state index in [9.17, 15) is 24.3 Å². The first-order chi connectivity index (χ1) is 10.4. The molecule has 0 radical (unpaired) electrons. The molecule has 3 amide bonds. The number of nitrogens with one attached hydrogen (secondary N) is 3. The normalized spacial score (nSPS) is 15.9. The first-order valence-electron chi connectivity index (χ1n) is 7.41. The Morgan fingerprint density at radius 2 is 1.50 bits per heavy atom. The van der Waals surface area contributed by atoms with Crippen LogP contribution in [0.5, 0.6) is 0 Å². The maximum absolute atomic E-state index is 11.8. The highest BCUT2D eigenvalue weighted by Gasteiger charge is 2.42. The minimum Gasteiger partial charge on any atom is -0.480 e. The summed E-state index contributed by atoms with van der Waals surface area (Å²) in [6, 6.07) is 0. The lowest BCUT2D eigenvalue weighted by Gasteiger charge is -2.25. The fourth-order valence-electron chi connectivity index (χ4n) is 2.46. The molecule has 124 valence electrons. The van der Waals surface area contributed by atoms with E-state index >= 15 is 0 Å². The highest BCUT2D eigenvalue weighted by Crippen LogP contribution is 2.29. The summed E-state index contributed by atoms with van der Waals surface area (Å²) in [5, 5.41) is 16.9. The largest absolute Gasteiger partial charge is 0.480 e. The van der Waals surface area contributed by atoms with Crippen LogP contribution in [-0.2, 0) is 19.2 Å². The van der Waals surface area contributed by atoms with Crippen molar-refractivity contribution < 1.29 is 24.3 Å². The minimum absolute atomic E-state index is 0.0123. The van der Waals surface area contributed by atoms with Crippen molar-refractivity contribution >= 4 is 23.7 Å². The van der Waals surface area contributed by atoms with Gasteiger partial charge in [-0.05, 0) is 12.8 Å². The van der Waals surface area contributed by atoms with Gasteiger partial charge >= 0.3 is 5.97 Å². The molecule has 0 heterocycles. The van der Waals surface area contributed by atoms with E-state index < -0.39 is 17.4 Å². The molecule has 1 aliphatic rings. The molecule has 0 aliphatic heterocycles.